The summed E-state index contributed by atoms with van der Waals surface area (Å²) >= 11 is 5.81. The van der Waals surface area contributed by atoms with Crippen LogP contribution in [0.2, 0.25) is 5.02 Å². The summed E-state index contributed by atoms with van der Waals surface area (Å²) < 4.78 is 0. The second-order valence-electron chi connectivity index (χ2n) is 4.40. The van der Waals surface area contributed by atoms with Gasteiger partial charge in [-0.15, -0.1) is 0 Å². The zero-order chi connectivity index (χ0) is 14.5. The van der Waals surface area contributed by atoms with Crippen molar-refractivity contribution in [2.24, 2.45) is 5.73 Å². The van der Waals surface area contributed by atoms with Crippen molar-refractivity contribution < 1.29 is 4.79 Å². The van der Waals surface area contributed by atoms with Gasteiger partial charge in [-0.1, -0.05) is 23.7 Å². The lowest BCUT2D eigenvalue weighted by atomic mass is 10.2. The number of nitrogens with two attached hydrogens (primary N) is 2. The Bertz CT molecular complexity index is 583. The Morgan fingerprint density at radius 1 is 1.20 bits per heavy atom. The minimum absolute atomic E-state index is 0.0824. The number of carbonyl (C=O) groups excluding carboxylic acids is 1. The first-order chi connectivity index (χ1) is 9.54. The summed E-state index contributed by atoms with van der Waals surface area (Å²) in [6.07, 6.45) is 1.54. The molecule has 0 spiro atoms. The van der Waals surface area contributed by atoms with Gasteiger partial charge in [0.2, 0.25) is 5.91 Å². The zero-order valence-electron chi connectivity index (χ0n) is 10.8. The summed E-state index contributed by atoms with van der Waals surface area (Å²) in [4.78, 5) is 17.2. The number of amides is 1. The highest BCUT2D eigenvalue weighted by molar-refractivity contribution is 6.30. The lowest BCUT2D eigenvalue weighted by Gasteiger charge is -2.22. The molecule has 0 radical (unpaired) electrons. The van der Waals surface area contributed by atoms with Crippen molar-refractivity contribution in [2.75, 3.05) is 17.2 Å². The fourth-order valence-electron chi connectivity index (χ4n) is 1.80. The van der Waals surface area contributed by atoms with Crippen LogP contribution in [0.4, 0.5) is 11.5 Å². The van der Waals surface area contributed by atoms with Crippen LogP contribution in [0, 0.1) is 0 Å². The Morgan fingerprint density at radius 3 is 2.45 bits per heavy atom. The van der Waals surface area contributed by atoms with Gasteiger partial charge in [0.1, 0.15) is 5.82 Å². The van der Waals surface area contributed by atoms with Crippen molar-refractivity contribution >= 4 is 29.0 Å². The maximum atomic E-state index is 11.2. The van der Waals surface area contributed by atoms with Gasteiger partial charge in [-0.05, 0) is 29.8 Å². The molecule has 20 heavy (non-hydrogen) atoms. The van der Waals surface area contributed by atoms with Gasteiger partial charge in [0, 0.05) is 18.4 Å². The molecule has 4 N–H and O–H groups in total. The van der Waals surface area contributed by atoms with E-state index in [-0.39, 0.29) is 6.54 Å². The van der Waals surface area contributed by atoms with E-state index in [1.807, 2.05) is 24.3 Å². The molecule has 0 fully saturated rings. The van der Waals surface area contributed by atoms with E-state index in [0.29, 0.717) is 23.1 Å². The first-order valence-electron chi connectivity index (χ1n) is 6.04. The second-order valence-corrected chi connectivity index (χ2v) is 4.84. The number of primary amides is 1. The molecule has 2 aromatic rings. The zero-order valence-corrected chi connectivity index (χ0v) is 11.5. The Hall–Kier alpha value is -2.27. The van der Waals surface area contributed by atoms with E-state index in [1.54, 1.807) is 17.0 Å². The molecule has 0 bridgehead atoms. The topological polar surface area (TPSA) is 85.2 Å². The molecule has 1 aromatic carbocycles. The number of carbonyl (C=O) groups is 1. The van der Waals surface area contributed by atoms with E-state index in [2.05, 4.69) is 4.98 Å². The minimum Gasteiger partial charge on any atom is -0.399 e. The number of hydrogen-bond acceptors (Lipinski definition) is 4. The Labute approximate surface area is 122 Å². The smallest absolute Gasteiger partial charge is 0.237 e. The summed E-state index contributed by atoms with van der Waals surface area (Å²) in [5.74, 6) is 0.224. The van der Waals surface area contributed by atoms with Crippen molar-refractivity contribution in [1.82, 2.24) is 4.98 Å². The largest absolute Gasteiger partial charge is 0.399 e. The first-order valence-corrected chi connectivity index (χ1v) is 6.41. The van der Waals surface area contributed by atoms with Crippen LogP contribution >= 0.6 is 11.6 Å². The summed E-state index contributed by atoms with van der Waals surface area (Å²) in [7, 11) is 0. The standard InChI is InChI=1S/C14H15ClN4O/c15-11-3-6-14(18-7-11)19(9-13(17)20)8-10-1-4-12(16)5-2-10/h1-7H,8-9,16H2,(H2,17,20). The predicted molar refractivity (Wildman–Crippen MR) is 80.3 cm³/mol. The van der Waals surface area contributed by atoms with Crippen molar-refractivity contribution in [3.63, 3.8) is 0 Å². The molecule has 2 rings (SSSR count). The highest BCUT2D eigenvalue weighted by Gasteiger charge is 2.11. The molecule has 0 aliphatic carbocycles. The summed E-state index contributed by atoms with van der Waals surface area (Å²) in [6.45, 7) is 0.594. The minimum atomic E-state index is -0.419. The maximum absolute atomic E-state index is 11.2. The normalized spacial score (nSPS) is 10.2. The van der Waals surface area contributed by atoms with Gasteiger partial charge in [-0.3, -0.25) is 4.79 Å². The lowest BCUT2D eigenvalue weighted by molar-refractivity contribution is -0.116. The second kappa shape index (κ2) is 6.25. The molecule has 104 valence electrons. The van der Waals surface area contributed by atoms with Crippen LogP contribution in [-0.4, -0.2) is 17.4 Å². The number of aromatic nitrogens is 1. The molecule has 0 saturated heterocycles. The third-order valence-electron chi connectivity index (χ3n) is 2.74. The van der Waals surface area contributed by atoms with Crippen molar-refractivity contribution in [3.8, 4) is 0 Å². The molecule has 1 heterocycles. The number of halogens is 1. The van der Waals surface area contributed by atoms with Crippen LogP contribution in [0.15, 0.2) is 42.6 Å². The van der Waals surface area contributed by atoms with Crippen molar-refractivity contribution in [3.05, 3.63) is 53.2 Å². The predicted octanol–water partition coefficient (Wildman–Crippen LogP) is 1.81. The van der Waals surface area contributed by atoms with E-state index in [9.17, 15) is 4.79 Å². The number of pyridine rings is 1. The van der Waals surface area contributed by atoms with Crippen LogP contribution in [0.3, 0.4) is 0 Å². The van der Waals surface area contributed by atoms with Gasteiger partial charge >= 0.3 is 0 Å². The van der Waals surface area contributed by atoms with Crippen LogP contribution in [-0.2, 0) is 11.3 Å². The SMILES string of the molecule is NC(=O)CN(Cc1ccc(N)cc1)c1ccc(Cl)cn1. The van der Waals surface area contributed by atoms with Gasteiger partial charge in [-0.25, -0.2) is 4.98 Å². The molecular formula is C14H15ClN4O. The summed E-state index contributed by atoms with van der Waals surface area (Å²) in [5.41, 5.74) is 12.6. The van der Waals surface area contributed by atoms with Crippen LogP contribution in [0.1, 0.15) is 5.56 Å². The maximum Gasteiger partial charge on any atom is 0.237 e. The number of hydrogen-bond donors (Lipinski definition) is 2. The van der Waals surface area contributed by atoms with Crippen LogP contribution in [0.25, 0.3) is 0 Å². The molecule has 0 atom stereocenters. The molecule has 0 aliphatic heterocycles. The van der Waals surface area contributed by atoms with Crippen LogP contribution < -0.4 is 16.4 Å². The van der Waals surface area contributed by atoms with Gasteiger partial charge < -0.3 is 16.4 Å². The molecule has 1 aromatic heterocycles. The van der Waals surface area contributed by atoms with E-state index in [0.717, 1.165) is 5.56 Å². The highest BCUT2D eigenvalue weighted by Crippen LogP contribution is 2.17. The first kappa shape index (κ1) is 14.1. The fourth-order valence-corrected chi connectivity index (χ4v) is 1.92. The molecule has 5 nitrogen and oxygen atoms in total. The molecule has 0 aliphatic rings. The summed E-state index contributed by atoms with van der Waals surface area (Å²) in [5, 5.41) is 0.542. The fraction of sp³-hybridized carbons (Fsp3) is 0.143. The lowest BCUT2D eigenvalue weighted by Crippen LogP contribution is -2.33. The van der Waals surface area contributed by atoms with Crippen molar-refractivity contribution in [2.45, 2.75) is 6.54 Å². The van der Waals surface area contributed by atoms with E-state index < -0.39 is 5.91 Å². The third-order valence-corrected chi connectivity index (χ3v) is 2.96. The van der Waals surface area contributed by atoms with E-state index >= 15 is 0 Å². The molecule has 1 amide bonds. The number of benzene rings is 1. The third kappa shape index (κ3) is 3.86. The number of anilines is 2. The highest BCUT2D eigenvalue weighted by atomic mass is 35.5. The monoisotopic (exact) mass is 290 g/mol. The Morgan fingerprint density at radius 2 is 1.90 bits per heavy atom. The molecule has 0 saturated carbocycles. The number of rotatable bonds is 5. The molecule has 6 heteroatoms. The van der Waals surface area contributed by atoms with E-state index in [1.165, 1.54) is 6.20 Å². The van der Waals surface area contributed by atoms with Crippen molar-refractivity contribution in [1.29, 1.82) is 0 Å². The van der Waals surface area contributed by atoms with E-state index in [4.69, 9.17) is 23.1 Å². The summed E-state index contributed by atoms with van der Waals surface area (Å²) in [6, 6.07) is 10.9. The number of nitrogen functional groups attached to an aromatic ring is 1. The van der Waals surface area contributed by atoms with Gasteiger partial charge in [0.25, 0.3) is 0 Å². The van der Waals surface area contributed by atoms with Gasteiger partial charge in [0.15, 0.2) is 0 Å². The molecular weight excluding hydrogens is 276 g/mol. The Balaban J connectivity index is 2.21. The van der Waals surface area contributed by atoms with Crippen LogP contribution in [0.5, 0.6) is 0 Å². The van der Waals surface area contributed by atoms with Gasteiger partial charge in [0.05, 0.1) is 11.6 Å². The Kier molecular flexibility index (Phi) is 4.42. The number of nitrogens with zero attached hydrogens (tertiary/aromatic N) is 2. The average molecular weight is 291 g/mol. The molecule has 0 unspecified atom stereocenters. The quantitative estimate of drug-likeness (QED) is 0.822. The van der Waals surface area contributed by atoms with Gasteiger partial charge in [-0.2, -0.15) is 0 Å². The average Bonchev–Trinajstić information content (AvgIpc) is 2.41.